The van der Waals surface area contributed by atoms with Gasteiger partial charge in [-0.25, -0.2) is 17.2 Å². The average molecular weight is 420 g/mol. The number of fused-ring (bicyclic) bond motifs is 1. The van der Waals surface area contributed by atoms with Gasteiger partial charge in [0.1, 0.15) is 22.3 Å². The molecule has 0 bridgehead atoms. The van der Waals surface area contributed by atoms with Crippen molar-refractivity contribution in [3.63, 3.8) is 0 Å². The molecular formula is C18H18F2N6O2S. The Labute approximate surface area is 165 Å². The second kappa shape index (κ2) is 6.70. The summed E-state index contributed by atoms with van der Waals surface area (Å²) in [4.78, 5) is 1.47. The lowest BCUT2D eigenvalue weighted by Crippen LogP contribution is -2.49. The third-order valence-electron chi connectivity index (χ3n) is 5.29. The summed E-state index contributed by atoms with van der Waals surface area (Å²) in [5, 5.41) is 13.0. The molecule has 8 nitrogen and oxygen atoms in total. The van der Waals surface area contributed by atoms with Crippen LogP contribution in [0.5, 0.6) is 0 Å². The smallest absolute Gasteiger partial charge is 0.246 e. The molecule has 0 unspecified atom stereocenters. The zero-order valence-corrected chi connectivity index (χ0v) is 16.2. The molecule has 1 aliphatic heterocycles. The van der Waals surface area contributed by atoms with Gasteiger partial charge >= 0.3 is 0 Å². The van der Waals surface area contributed by atoms with Crippen LogP contribution >= 0.6 is 0 Å². The lowest BCUT2D eigenvalue weighted by Gasteiger charge is -2.34. The lowest BCUT2D eigenvalue weighted by molar-refractivity contribution is 0.380. The summed E-state index contributed by atoms with van der Waals surface area (Å²) < 4.78 is 55.5. The molecule has 0 radical (unpaired) electrons. The van der Waals surface area contributed by atoms with Gasteiger partial charge in [-0.2, -0.15) is 8.82 Å². The number of piperazine rings is 1. The molecule has 1 aromatic carbocycles. The van der Waals surface area contributed by atoms with Gasteiger partial charge in [-0.1, -0.05) is 0 Å². The SMILES string of the molecule is O=S(=O)(c1ccc(F)cc1F)N1CCN(c2ccc3nnc(C4CC4)n3n2)CC1. The minimum Gasteiger partial charge on any atom is -0.353 e. The van der Waals surface area contributed by atoms with E-state index in [2.05, 4.69) is 15.3 Å². The number of aromatic nitrogens is 4. The first-order valence-electron chi connectivity index (χ1n) is 9.36. The van der Waals surface area contributed by atoms with Crippen molar-refractivity contribution in [1.29, 1.82) is 0 Å². The van der Waals surface area contributed by atoms with Crippen LogP contribution in [-0.2, 0) is 10.0 Å². The number of hydrogen-bond acceptors (Lipinski definition) is 6. The Balaban J connectivity index is 1.35. The van der Waals surface area contributed by atoms with Crippen molar-refractivity contribution in [2.24, 2.45) is 0 Å². The first kappa shape index (κ1) is 18.4. The molecule has 29 heavy (non-hydrogen) atoms. The van der Waals surface area contributed by atoms with E-state index in [0.29, 0.717) is 36.5 Å². The van der Waals surface area contributed by atoms with E-state index in [1.54, 1.807) is 4.52 Å². The van der Waals surface area contributed by atoms with Crippen molar-refractivity contribution in [3.05, 3.63) is 47.8 Å². The number of hydrogen-bond donors (Lipinski definition) is 0. The lowest BCUT2D eigenvalue weighted by atomic mass is 10.3. The molecule has 2 fully saturated rings. The van der Waals surface area contributed by atoms with E-state index in [1.165, 1.54) is 4.31 Å². The number of rotatable bonds is 4. The summed E-state index contributed by atoms with van der Waals surface area (Å²) in [6.07, 6.45) is 2.17. The molecule has 11 heteroatoms. The minimum absolute atomic E-state index is 0.177. The molecule has 152 valence electrons. The van der Waals surface area contributed by atoms with Crippen LogP contribution in [0.15, 0.2) is 35.2 Å². The van der Waals surface area contributed by atoms with Crippen molar-refractivity contribution in [1.82, 2.24) is 24.1 Å². The molecule has 0 spiro atoms. The maximum absolute atomic E-state index is 14.0. The molecule has 2 aromatic heterocycles. The first-order chi connectivity index (χ1) is 13.9. The summed E-state index contributed by atoms with van der Waals surface area (Å²) in [6.45, 7) is 1.16. The predicted molar refractivity (Wildman–Crippen MR) is 100 cm³/mol. The van der Waals surface area contributed by atoms with Crippen molar-refractivity contribution < 1.29 is 17.2 Å². The van der Waals surface area contributed by atoms with Gasteiger partial charge in [0.25, 0.3) is 0 Å². The zero-order valence-electron chi connectivity index (χ0n) is 15.4. The van der Waals surface area contributed by atoms with Crippen LogP contribution in [0.1, 0.15) is 24.6 Å². The Hall–Kier alpha value is -2.66. The van der Waals surface area contributed by atoms with E-state index in [4.69, 9.17) is 0 Å². The number of sulfonamides is 1. The molecule has 5 rings (SSSR count). The molecule has 0 N–H and O–H groups in total. The van der Waals surface area contributed by atoms with Gasteiger partial charge in [-0.3, -0.25) is 0 Å². The molecular weight excluding hydrogens is 402 g/mol. The molecule has 0 amide bonds. The molecule has 1 aliphatic carbocycles. The van der Waals surface area contributed by atoms with E-state index in [1.807, 2.05) is 17.0 Å². The Morgan fingerprint density at radius 1 is 0.966 bits per heavy atom. The van der Waals surface area contributed by atoms with Crippen LogP contribution in [0.4, 0.5) is 14.6 Å². The van der Waals surface area contributed by atoms with Gasteiger partial charge in [0.05, 0.1) is 0 Å². The maximum atomic E-state index is 14.0. The highest BCUT2D eigenvalue weighted by Gasteiger charge is 2.32. The average Bonchev–Trinajstić information content (AvgIpc) is 3.46. The molecule has 2 aliphatic rings. The largest absolute Gasteiger partial charge is 0.353 e. The summed E-state index contributed by atoms with van der Waals surface area (Å²) in [7, 11) is -4.03. The van der Waals surface area contributed by atoms with Gasteiger partial charge in [-0.15, -0.1) is 15.3 Å². The monoisotopic (exact) mass is 420 g/mol. The molecule has 3 heterocycles. The van der Waals surface area contributed by atoms with Gasteiger partial charge in [0.2, 0.25) is 10.0 Å². The fourth-order valence-electron chi connectivity index (χ4n) is 3.54. The number of nitrogens with zero attached hydrogens (tertiary/aromatic N) is 6. The van der Waals surface area contributed by atoms with Crippen LogP contribution in [0.3, 0.4) is 0 Å². The van der Waals surface area contributed by atoms with Crippen molar-refractivity contribution in [3.8, 4) is 0 Å². The van der Waals surface area contributed by atoms with Crippen molar-refractivity contribution in [2.75, 3.05) is 31.1 Å². The first-order valence-corrected chi connectivity index (χ1v) is 10.8. The van der Waals surface area contributed by atoms with Gasteiger partial charge in [0, 0.05) is 38.2 Å². The van der Waals surface area contributed by atoms with Crippen molar-refractivity contribution >= 4 is 21.5 Å². The van der Waals surface area contributed by atoms with E-state index in [9.17, 15) is 17.2 Å². The fraction of sp³-hybridized carbons (Fsp3) is 0.389. The second-order valence-electron chi connectivity index (χ2n) is 7.26. The van der Waals surface area contributed by atoms with Crippen LogP contribution in [0, 0.1) is 11.6 Å². The number of halogens is 2. The Bertz CT molecular complexity index is 1190. The van der Waals surface area contributed by atoms with E-state index in [0.717, 1.165) is 30.8 Å². The van der Waals surface area contributed by atoms with Crippen LogP contribution in [-0.4, -0.2) is 58.7 Å². The van der Waals surface area contributed by atoms with Gasteiger partial charge < -0.3 is 4.90 Å². The quantitative estimate of drug-likeness (QED) is 0.640. The summed E-state index contributed by atoms with van der Waals surface area (Å²) in [6, 6.07) is 6.18. The minimum atomic E-state index is -4.03. The van der Waals surface area contributed by atoms with Crippen LogP contribution in [0.2, 0.25) is 0 Å². The van der Waals surface area contributed by atoms with Gasteiger partial charge in [-0.05, 0) is 37.1 Å². The standard InChI is InChI=1S/C18H18F2N6O2S/c19-13-3-4-15(14(20)11-13)29(27,28)25-9-7-24(8-10-25)17-6-5-16-21-22-18(12-1-2-12)26(16)23-17/h3-6,11-12H,1-2,7-10H2. The van der Waals surface area contributed by atoms with Gasteiger partial charge in [0.15, 0.2) is 11.5 Å². The number of anilines is 1. The third kappa shape index (κ3) is 3.23. The Morgan fingerprint density at radius 2 is 1.72 bits per heavy atom. The number of benzene rings is 1. The normalized spacial score (nSPS) is 18.5. The highest BCUT2D eigenvalue weighted by atomic mass is 32.2. The summed E-state index contributed by atoms with van der Waals surface area (Å²) in [5.41, 5.74) is 0.684. The van der Waals surface area contributed by atoms with Crippen molar-refractivity contribution in [2.45, 2.75) is 23.7 Å². The van der Waals surface area contributed by atoms with Crippen LogP contribution in [0.25, 0.3) is 5.65 Å². The highest BCUT2D eigenvalue weighted by molar-refractivity contribution is 7.89. The van der Waals surface area contributed by atoms with E-state index in [-0.39, 0.29) is 13.1 Å². The predicted octanol–water partition coefficient (Wildman–Crippen LogP) is 1.79. The molecule has 0 atom stereocenters. The molecule has 1 saturated carbocycles. The second-order valence-corrected chi connectivity index (χ2v) is 9.17. The summed E-state index contributed by atoms with van der Waals surface area (Å²) >= 11 is 0. The maximum Gasteiger partial charge on any atom is 0.246 e. The van der Waals surface area contributed by atoms with Crippen LogP contribution < -0.4 is 4.90 Å². The topological polar surface area (TPSA) is 83.7 Å². The van der Waals surface area contributed by atoms with E-state index < -0.39 is 26.6 Å². The Morgan fingerprint density at radius 3 is 2.41 bits per heavy atom. The fourth-order valence-corrected chi connectivity index (χ4v) is 5.01. The summed E-state index contributed by atoms with van der Waals surface area (Å²) in [5.74, 6) is 0.0754. The highest BCUT2D eigenvalue weighted by Crippen LogP contribution is 2.38. The van der Waals surface area contributed by atoms with E-state index >= 15 is 0 Å². The zero-order chi connectivity index (χ0) is 20.2. The Kier molecular flexibility index (Phi) is 4.24. The third-order valence-corrected chi connectivity index (χ3v) is 7.22. The molecule has 3 aromatic rings. The molecule has 1 saturated heterocycles.